The molecule has 5 nitrogen and oxygen atoms in total. The van der Waals surface area contributed by atoms with Crippen molar-refractivity contribution in [3.63, 3.8) is 0 Å². The first kappa shape index (κ1) is 17.6. The number of benzene rings is 2. The Bertz CT molecular complexity index is 1040. The molecule has 0 aliphatic carbocycles. The van der Waals surface area contributed by atoms with Crippen molar-refractivity contribution in [1.29, 1.82) is 0 Å². The van der Waals surface area contributed by atoms with Gasteiger partial charge in [0.25, 0.3) is 5.91 Å². The molecule has 0 aliphatic rings. The van der Waals surface area contributed by atoms with Gasteiger partial charge in [0.15, 0.2) is 0 Å². The van der Waals surface area contributed by atoms with Crippen LogP contribution in [0.3, 0.4) is 0 Å². The van der Waals surface area contributed by atoms with Crippen LogP contribution in [0.4, 0.5) is 14.5 Å². The summed E-state index contributed by atoms with van der Waals surface area (Å²) in [5.74, 6) is -2.26. The molecule has 0 fully saturated rings. The van der Waals surface area contributed by atoms with E-state index in [1.807, 2.05) is 6.92 Å². The second-order valence-corrected chi connectivity index (χ2v) is 5.59. The molecule has 134 valence electrons. The summed E-state index contributed by atoms with van der Waals surface area (Å²) < 4.78 is 34.4. The van der Waals surface area contributed by atoms with E-state index in [2.05, 4.69) is 5.32 Å². The number of aromatic nitrogens is 1. The van der Waals surface area contributed by atoms with Crippen molar-refractivity contribution in [2.24, 2.45) is 0 Å². The average Bonchev–Trinajstić information content (AvgIpc) is 2.64. The smallest absolute Gasteiger partial charge is 0.261 e. The lowest BCUT2D eigenvalue weighted by Gasteiger charge is -2.13. The van der Waals surface area contributed by atoms with E-state index >= 15 is 0 Å². The topological polar surface area (TPSA) is 60.3 Å². The van der Waals surface area contributed by atoms with Crippen LogP contribution in [-0.2, 0) is 6.54 Å². The molecule has 0 bridgehead atoms. The van der Waals surface area contributed by atoms with Crippen molar-refractivity contribution >= 4 is 22.5 Å². The van der Waals surface area contributed by atoms with E-state index in [4.69, 9.17) is 4.74 Å². The highest BCUT2D eigenvalue weighted by Crippen LogP contribution is 2.21. The SMILES string of the molecule is CCn1cc(C(=O)Nc2c(F)cccc2F)c(=O)c2cc(OC)ccc21. The predicted octanol–water partition coefficient (Wildman–Crippen LogP) is 3.56. The molecule has 0 saturated heterocycles. The van der Waals surface area contributed by atoms with Crippen LogP contribution in [-0.4, -0.2) is 17.6 Å². The molecule has 0 aliphatic heterocycles. The number of hydrogen-bond acceptors (Lipinski definition) is 3. The summed E-state index contributed by atoms with van der Waals surface area (Å²) >= 11 is 0. The summed E-state index contributed by atoms with van der Waals surface area (Å²) in [6, 6.07) is 8.19. The minimum atomic E-state index is -0.920. The minimum absolute atomic E-state index is 0.213. The fraction of sp³-hybridized carbons (Fsp3) is 0.158. The van der Waals surface area contributed by atoms with Gasteiger partial charge in [0.1, 0.15) is 28.6 Å². The molecular formula is C19H16F2N2O3. The molecule has 0 saturated carbocycles. The highest BCUT2D eigenvalue weighted by atomic mass is 19.1. The molecule has 7 heteroatoms. The van der Waals surface area contributed by atoms with Crippen molar-refractivity contribution in [1.82, 2.24) is 4.57 Å². The number of hydrogen-bond donors (Lipinski definition) is 1. The van der Waals surface area contributed by atoms with E-state index in [1.165, 1.54) is 25.4 Å². The van der Waals surface area contributed by atoms with Crippen LogP contribution in [0.15, 0.2) is 47.4 Å². The van der Waals surface area contributed by atoms with Gasteiger partial charge in [0.2, 0.25) is 5.43 Å². The number of nitrogens with one attached hydrogen (secondary N) is 1. The van der Waals surface area contributed by atoms with Crippen LogP contribution in [0.5, 0.6) is 5.75 Å². The van der Waals surface area contributed by atoms with Gasteiger partial charge >= 0.3 is 0 Å². The maximum Gasteiger partial charge on any atom is 0.261 e. The van der Waals surface area contributed by atoms with E-state index in [1.54, 1.807) is 16.7 Å². The number of pyridine rings is 1. The standard InChI is InChI=1S/C19H16F2N2O3/c1-3-23-10-13(18(24)12-9-11(26-2)7-8-16(12)23)19(25)22-17-14(20)5-4-6-15(17)21/h4-10H,3H2,1-2H3,(H,22,25). The van der Waals surface area contributed by atoms with E-state index in [-0.39, 0.29) is 10.9 Å². The quantitative estimate of drug-likeness (QED) is 0.776. The lowest BCUT2D eigenvalue weighted by Crippen LogP contribution is -2.24. The third-order valence-electron chi connectivity index (χ3n) is 4.07. The third-order valence-corrected chi connectivity index (χ3v) is 4.07. The Morgan fingerprint density at radius 1 is 1.19 bits per heavy atom. The lowest BCUT2D eigenvalue weighted by molar-refractivity contribution is 0.102. The second-order valence-electron chi connectivity index (χ2n) is 5.59. The number of para-hydroxylation sites is 1. The zero-order valence-corrected chi connectivity index (χ0v) is 14.2. The highest BCUT2D eigenvalue weighted by molar-refractivity contribution is 6.06. The molecule has 26 heavy (non-hydrogen) atoms. The molecule has 0 radical (unpaired) electrons. The summed E-state index contributed by atoms with van der Waals surface area (Å²) in [5, 5.41) is 2.43. The fourth-order valence-corrected chi connectivity index (χ4v) is 2.73. The Labute approximate surface area is 147 Å². The van der Waals surface area contributed by atoms with E-state index in [9.17, 15) is 18.4 Å². The van der Waals surface area contributed by atoms with E-state index < -0.39 is 28.7 Å². The van der Waals surface area contributed by atoms with Crippen LogP contribution >= 0.6 is 0 Å². The van der Waals surface area contributed by atoms with Gasteiger partial charge in [-0.1, -0.05) is 6.07 Å². The number of methoxy groups -OCH3 is 1. The molecule has 3 rings (SSSR count). The predicted molar refractivity (Wildman–Crippen MR) is 94.7 cm³/mol. The highest BCUT2D eigenvalue weighted by Gasteiger charge is 2.19. The zero-order chi connectivity index (χ0) is 18.8. The first-order valence-electron chi connectivity index (χ1n) is 7.92. The number of carbonyl (C=O) groups excluding carboxylic acids is 1. The number of aryl methyl sites for hydroxylation is 1. The average molecular weight is 358 g/mol. The maximum atomic E-state index is 13.8. The first-order chi connectivity index (χ1) is 12.5. The molecule has 1 heterocycles. The van der Waals surface area contributed by atoms with Crippen molar-refractivity contribution in [3.8, 4) is 5.75 Å². The fourth-order valence-electron chi connectivity index (χ4n) is 2.73. The number of fused-ring (bicyclic) bond motifs is 1. The van der Waals surface area contributed by atoms with Gasteiger partial charge in [-0.15, -0.1) is 0 Å². The number of nitrogens with zero attached hydrogens (tertiary/aromatic N) is 1. The molecule has 2 aromatic carbocycles. The summed E-state index contributed by atoms with van der Waals surface area (Å²) in [5.41, 5.74) is -0.717. The van der Waals surface area contributed by atoms with E-state index in [0.29, 0.717) is 17.8 Å². The molecular weight excluding hydrogens is 342 g/mol. The minimum Gasteiger partial charge on any atom is -0.497 e. The van der Waals surface area contributed by atoms with Gasteiger partial charge in [0, 0.05) is 12.7 Å². The van der Waals surface area contributed by atoms with Gasteiger partial charge in [0.05, 0.1) is 18.0 Å². The molecule has 1 amide bonds. The zero-order valence-electron chi connectivity index (χ0n) is 14.2. The number of ether oxygens (including phenoxy) is 1. The summed E-state index contributed by atoms with van der Waals surface area (Å²) in [6.45, 7) is 2.35. The van der Waals surface area contributed by atoms with Crippen molar-refractivity contribution in [3.05, 3.63) is 70.0 Å². The molecule has 1 N–H and O–H groups in total. The molecule has 1 aromatic heterocycles. The number of amides is 1. The molecule has 0 atom stereocenters. The van der Waals surface area contributed by atoms with Crippen LogP contribution < -0.4 is 15.5 Å². The maximum absolute atomic E-state index is 13.8. The van der Waals surface area contributed by atoms with Gasteiger partial charge in [-0.2, -0.15) is 0 Å². The van der Waals surface area contributed by atoms with Crippen LogP contribution in [0, 0.1) is 11.6 Å². The summed E-state index contributed by atoms with van der Waals surface area (Å²) in [7, 11) is 1.47. The number of carbonyl (C=O) groups is 1. The Morgan fingerprint density at radius 3 is 2.50 bits per heavy atom. The first-order valence-corrected chi connectivity index (χ1v) is 7.92. The Kier molecular flexibility index (Phi) is 4.71. The van der Waals surface area contributed by atoms with Crippen molar-refractivity contribution in [2.45, 2.75) is 13.5 Å². The van der Waals surface area contributed by atoms with Gasteiger partial charge in [-0.05, 0) is 37.3 Å². The normalized spacial score (nSPS) is 10.8. The number of halogens is 2. The van der Waals surface area contributed by atoms with Gasteiger partial charge < -0.3 is 14.6 Å². The molecule has 3 aromatic rings. The van der Waals surface area contributed by atoms with Crippen LogP contribution in [0.25, 0.3) is 10.9 Å². The number of rotatable bonds is 4. The van der Waals surface area contributed by atoms with Gasteiger partial charge in [-0.3, -0.25) is 9.59 Å². The lowest BCUT2D eigenvalue weighted by atomic mass is 10.1. The second kappa shape index (κ2) is 6.95. The summed E-state index contributed by atoms with van der Waals surface area (Å²) in [4.78, 5) is 25.3. The Morgan fingerprint density at radius 2 is 1.88 bits per heavy atom. The Balaban J connectivity index is 2.13. The van der Waals surface area contributed by atoms with Crippen molar-refractivity contribution in [2.75, 3.05) is 12.4 Å². The largest absolute Gasteiger partial charge is 0.497 e. The summed E-state index contributed by atoms with van der Waals surface area (Å²) in [6.07, 6.45) is 1.38. The van der Waals surface area contributed by atoms with Crippen LogP contribution in [0.2, 0.25) is 0 Å². The van der Waals surface area contributed by atoms with E-state index in [0.717, 1.165) is 12.1 Å². The Hall–Kier alpha value is -3.22. The van der Waals surface area contributed by atoms with Crippen LogP contribution in [0.1, 0.15) is 17.3 Å². The van der Waals surface area contributed by atoms with Crippen molar-refractivity contribution < 1.29 is 18.3 Å². The third kappa shape index (κ3) is 3.03. The monoisotopic (exact) mass is 358 g/mol. The molecule has 0 spiro atoms. The van der Waals surface area contributed by atoms with Gasteiger partial charge in [-0.25, -0.2) is 8.78 Å². The molecule has 0 unspecified atom stereocenters. The number of anilines is 1.